The lowest BCUT2D eigenvalue weighted by molar-refractivity contribution is 0.640. The number of hydrogen-bond acceptors (Lipinski definition) is 5. The molecule has 0 atom stereocenters. The molecule has 0 amide bonds. The Labute approximate surface area is 235 Å². The highest BCUT2D eigenvalue weighted by Gasteiger charge is 2.16. The predicted octanol–water partition coefficient (Wildman–Crippen LogP) is 8.48. The van der Waals surface area contributed by atoms with Gasteiger partial charge in [0.05, 0.1) is 22.1 Å². The van der Waals surface area contributed by atoms with Crippen molar-refractivity contribution in [3.63, 3.8) is 0 Å². The van der Waals surface area contributed by atoms with E-state index in [1.807, 2.05) is 95.4 Å². The zero-order chi connectivity index (χ0) is 27.2. The Morgan fingerprint density at radius 3 is 2.00 bits per heavy atom. The minimum Gasteiger partial charge on any atom is -0.437 e. The van der Waals surface area contributed by atoms with Crippen molar-refractivity contribution in [3.05, 3.63) is 145 Å². The maximum atomic E-state index is 6.54. The third-order valence-electron chi connectivity index (χ3n) is 7.21. The van der Waals surface area contributed by atoms with Crippen LogP contribution in [-0.4, -0.2) is 14.4 Å². The van der Waals surface area contributed by atoms with Gasteiger partial charge in [0, 0.05) is 28.5 Å². The van der Waals surface area contributed by atoms with Crippen LogP contribution < -0.4 is 10.5 Å². The monoisotopic (exact) mass is 529 g/mol. The lowest BCUT2D eigenvalue weighted by Gasteiger charge is -2.25. The summed E-state index contributed by atoms with van der Waals surface area (Å²) in [5.74, 6) is 0. The van der Waals surface area contributed by atoms with Crippen LogP contribution in [0.4, 0.5) is 22.7 Å². The van der Waals surface area contributed by atoms with Gasteiger partial charge >= 0.3 is 0 Å². The zero-order valence-electron chi connectivity index (χ0n) is 21.9. The lowest BCUT2D eigenvalue weighted by Crippen LogP contribution is -2.18. The first-order valence-corrected chi connectivity index (χ1v) is 13.5. The number of imidazole rings is 1. The van der Waals surface area contributed by atoms with E-state index in [0.29, 0.717) is 11.3 Å². The summed E-state index contributed by atoms with van der Waals surface area (Å²) in [5.41, 5.74) is 8.23. The number of rotatable bonds is 4. The van der Waals surface area contributed by atoms with E-state index in [-0.39, 0.29) is 0 Å². The van der Waals surface area contributed by atoms with Crippen molar-refractivity contribution in [1.29, 1.82) is 0 Å². The molecule has 0 fully saturated rings. The quantitative estimate of drug-likeness (QED) is 0.215. The first-order valence-electron chi connectivity index (χ1n) is 13.5. The molecule has 3 heterocycles. The zero-order valence-corrected chi connectivity index (χ0v) is 21.9. The van der Waals surface area contributed by atoms with E-state index in [9.17, 15) is 0 Å². The number of benzene rings is 5. The molecule has 0 aliphatic carbocycles. The van der Waals surface area contributed by atoms with E-state index >= 15 is 0 Å². The fourth-order valence-electron chi connectivity index (χ4n) is 5.33. The molecule has 6 nitrogen and oxygen atoms in total. The summed E-state index contributed by atoms with van der Waals surface area (Å²) in [6.45, 7) is 0. The molecule has 8 rings (SSSR count). The van der Waals surface area contributed by atoms with Gasteiger partial charge in [-0.2, -0.15) is 4.98 Å². The van der Waals surface area contributed by atoms with Crippen LogP contribution in [-0.2, 0) is 0 Å². The standard InChI is InChI=1S/C35H23N5O/c1-4-12-25(13-5-1)36-35-38-34-29(33-37-30-18-10-11-19-31(30)40(33)35)22-24-20-21-28(23-32(24)41-34)39(26-14-6-2-7-15-26)27-16-8-3-9-17-27/h1-23H. The Morgan fingerprint density at radius 2 is 1.27 bits per heavy atom. The van der Waals surface area contributed by atoms with Crippen molar-refractivity contribution >= 4 is 61.5 Å². The Balaban J connectivity index is 1.39. The summed E-state index contributed by atoms with van der Waals surface area (Å²) in [5, 5.41) is 1.79. The van der Waals surface area contributed by atoms with Gasteiger partial charge in [-0.15, -0.1) is 0 Å². The molecule has 194 valence electrons. The van der Waals surface area contributed by atoms with E-state index in [4.69, 9.17) is 19.4 Å². The number of aromatic nitrogens is 3. The highest BCUT2D eigenvalue weighted by atomic mass is 16.3. The summed E-state index contributed by atoms with van der Waals surface area (Å²) in [6.07, 6.45) is 0. The molecule has 5 aromatic carbocycles. The van der Waals surface area contributed by atoms with Crippen LogP contribution in [0.3, 0.4) is 0 Å². The molecule has 0 aliphatic rings. The Kier molecular flexibility index (Phi) is 5.35. The summed E-state index contributed by atoms with van der Waals surface area (Å²) in [6, 6.07) is 46.9. The molecule has 0 bridgehead atoms. The van der Waals surface area contributed by atoms with Crippen LogP contribution in [0, 0.1) is 0 Å². The van der Waals surface area contributed by atoms with Gasteiger partial charge in [0.15, 0.2) is 5.65 Å². The van der Waals surface area contributed by atoms with Crippen LogP contribution in [0.2, 0.25) is 0 Å². The fourth-order valence-corrected chi connectivity index (χ4v) is 5.33. The van der Waals surface area contributed by atoms with Crippen molar-refractivity contribution in [2.24, 2.45) is 4.99 Å². The van der Waals surface area contributed by atoms with Gasteiger partial charge in [0.25, 0.3) is 0 Å². The average Bonchev–Trinajstić information content (AvgIpc) is 3.42. The second kappa shape index (κ2) is 9.47. The number of para-hydroxylation sites is 5. The van der Waals surface area contributed by atoms with Gasteiger partial charge in [-0.1, -0.05) is 66.7 Å². The van der Waals surface area contributed by atoms with Gasteiger partial charge in [-0.25, -0.2) is 9.98 Å². The Bertz CT molecular complexity index is 2220. The summed E-state index contributed by atoms with van der Waals surface area (Å²) >= 11 is 0. The topological polar surface area (TPSA) is 58.9 Å². The number of fused-ring (bicyclic) bond motifs is 6. The van der Waals surface area contributed by atoms with E-state index in [1.54, 1.807) is 0 Å². The third kappa shape index (κ3) is 4.01. The Morgan fingerprint density at radius 1 is 0.610 bits per heavy atom. The Hall–Kier alpha value is -5.75. The van der Waals surface area contributed by atoms with Crippen molar-refractivity contribution in [2.75, 3.05) is 4.90 Å². The first-order chi connectivity index (χ1) is 20.3. The van der Waals surface area contributed by atoms with Crippen LogP contribution in [0.1, 0.15) is 0 Å². The number of hydrogen-bond donors (Lipinski definition) is 0. The minimum atomic E-state index is 0.484. The lowest BCUT2D eigenvalue weighted by atomic mass is 10.1. The van der Waals surface area contributed by atoms with Crippen molar-refractivity contribution < 1.29 is 4.42 Å². The molecule has 0 spiro atoms. The molecule has 0 N–H and O–H groups in total. The smallest absolute Gasteiger partial charge is 0.239 e. The molecule has 6 heteroatoms. The maximum absolute atomic E-state index is 6.54. The molecule has 3 aromatic heterocycles. The molecule has 0 saturated heterocycles. The molecule has 41 heavy (non-hydrogen) atoms. The van der Waals surface area contributed by atoms with E-state index in [2.05, 4.69) is 53.4 Å². The van der Waals surface area contributed by atoms with Gasteiger partial charge in [-0.3, -0.25) is 4.40 Å². The summed E-state index contributed by atoms with van der Waals surface area (Å²) in [4.78, 5) is 17.0. The van der Waals surface area contributed by atoms with Crippen LogP contribution in [0.15, 0.2) is 149 Å². The van der Waals surface area contributed by atoms with Gasteiger partial charge in [-0.05, 0) is 66.7 Å². The van der Waals surface area contributed by atoms with Crippen molar-refractivity contribution in [3.8, 4) is 0 Å². The molecule has 0 radical (unpaired) electrons. The molecular weight excluding hydrogens is 506 g/mol. The predicted molar refractivity (Wildman–Crippen MR) is 164 cm³/mol. The van der Waals surface area contributed by atoms with E-state index in [1.165, 1.54) is 0 Å². The highest BCUT2D eigenvalue weighted by molar-refractivity contribution is 5.99. The van der Waals surface area contributed by atoms with E-state index in [0.717, 1.165) is 55.8 Å². The first kappa shape index (κ1) is 23.2. The van der Waals surface area contributed by atoms with Gasteiger partial charge < -0.3 is 9.32 Å². The van der Waals surface area contributed by atoms with Gasteiger partial charge in [0.1, 0.15) is 5.58 Å². The highest BCUT2D eigenvalue weighted by Crippen LogP contribution is 2.36. The van der Waals surface area contributed by atoms with E-state index < -0.39 is 0 Å². The van der Waals surface area contributed by atoms with Crippen LogP contribution in [0.5, 0.6) is 0 Å². The molecule has 8 aromatic rings. The number of nitrogens with zero attached hydrogens (tertiary/aromatic N) is 5. The molecule has 0 unspecified atom stereocenters. The molecule has 0 saturated carbocycles. The molecular formula is C35H23N5O. The summed E-state index contributed by atoms with van der Waals surface area (Å²) < 4.78 is 8.55. The van der Waals surface area contributed by atoms with Crippen LogP contribution in [0.25, 0.3) is 38.7 Å². The van der Waals surface area contributed by atoms with Crippen molar-refractivity contribution in [1.82, 2.24) is 14.4 Å². The SMILES string of the molecule is c1ccc(N=c2nc3oc4cc(N(c5ccccc5)c5ccccc5)ccc4cc3c3nc4ccccc4n23)cc1. The van der Waals surface area contributed by atoms with Crippen molar-refractivity contribution in [2.45, 2.75) is 0 Å². The van der Waals surface area contributed by atoms with Crippen LogP contribution >= 0.6 is 0 Å². The normalized spacial score (nSPS) is 12.0. The average molecular weight is 530 g/mol. The summed E-state index contributed by atoms with van der Waals surface area (Å²) in [7, 11) is 0. The second-order valence-electron chi connectivity index (χ2n) is 9.81. The minimum absolute atomic E-state index is 0.484. The van der Waals surface area contributed by atoms with Gasteiger partial charge in [0.2, 0.25) is 11.3 Å². The largest absolute Gasteiger partial charge is 0.437 e. The number of anilines is 3. The fraction of sp³-hybridized carbons (Fsp3) is 0. The molecule has 0 aliphatic heterocycles. The second-order valence-corrected chi connectivity index (χ2v) is 9.81. The third-order valence-corrected chi connectivity index (χ3v) is 7.21. The maximum Gasteiger partial charge on any atom is 0.239 e.